The van der Waals surface area contributed by atoms with Gasteiger partial charge < -0.3 is 14.4 Å². The summed E-state index contributed by atoms with van der Waals surface area (Å²) in [5.74, 6) is 1.03. The maximum absolute atomic E-state index is 12.2. The van der Waals surface area contributed by atoms with Gasteiger partial charge in [-0.1, -0.05) is 36.4 Å². The molecule has 0 saturated carbocycles. The van der Waals surface area contributed by atoms with Crippen molar-refractivity contribution in [3.05, 3.63) is 60.2 Å². The summed E-state index contributed by atoms with van der Waals surface area (Å²) in [5.41, 5.74) is 1.85. The minimum absolute atomic E-state index is 0.0509. The highest BCUT2D eigenvalue weighted by Crippen LogP contribution is 2.28. The number of carbonyl (C=O) groups excluding carboxylic acids is 1. The van der Waals surface area contributed by atoms with Gasteiger partial charge in [0.1, 0.15) is 0 Å². The van der Waals surface area contributed by atoms with E-state index in [-0.39, 0.29) is 12.5 Å². The Morgan fingerprint density at radius 1 is 1.13 bits per heavy atom. The average Bonchev–Trinajstić information content (AvgIpc) is 2.60. The maximum atomic E-state index is 12.2. The van der Waals surface area contributed by atoms with Crippen molar-refractivity contribution in [3.8, 4) is 11.5 Å². The summed E-state index contributed by atoms with van der Waals surface area (Å²) in [6.45, 7) is 1.90. The topological polar surface area (TPSA) is 38.8 Å². The fraction of sp³-hybridized carbons (Fsp3) is 0.211. The van der Waals surface area contributed by atoms with E-state index in [1.807, 2.05) is 67.6 Å². The minimum Gasteiger partial charge on any atom is -0.493 e. The van der Waals surface area contributed by atoms with Gasteiger partial charge in [0.15, 0.2) is 18.1 Å². The molecule has 0 spiro atoms. The number of hydrogen-bond acceptors (Lipinski definition) is 3. The van der Waals surface area contributed by atoms with Crippen LogP contribution in [0.1, 0.15) is 12.5 Å². The fourth-order valence-corrected chi connectivity index (χ4v) is 2.13. The van der Waals surface area contributed by atoms with Gasteiger partial charge in [0, 0.05) is 12.7 Å². The van der Waals surface area contributed by atoms with E-state index < -0.39 is 0 Å². The van der Waals surface area contributed by atoms with Gasteiger partial charge in [0.05, 0.1) is 7.11 Å². The van der Waals surface area contributed by atoms with Crippen molar-refractivity contribution >= 4 is 17.7 Å². The molecule has 0 aliphatic heterocycles. The third-order valence-electron chi connectivity index (χ3n) is 3.42. The zero-order valence-electron chi connectivity index (χ0n) is 13.7. The SMILES string of the molecule is CC=Cc1ccc(OCC(=O)N(C)c2ccccc2)c(OC)c1. The number of hydrogen-bond donors (Lipinski definition) is 0. The predicted octanol–water partition coefficient (Wildman–Crippen LogP) is 3.77. The molecule has 0 fully saturated rings. The van der Waals surface area contributed by atoms with Gasteiger partial charge in [-0.15, -0.1) is 0 Å². The van der Waals surface area contributed by atoms with E-state index in [0.717, 1.165) is 11.3 Å². The Morgan fingerprint density at radius 2 is 1.87 bits per heavy atom. The van der Waals surface area contributed by atoms with Gasteiger partial charge in [-0.25, -0.2) is 0 Å². The van der Waals surface area contributed by atoms with Crippen LogP contribution in [0.3, 0.4) is 0 Å². The number of amides is 1. The molecule has 0 aromatic heterocycles. The Labute approximate surface area is 137 Å². The molecule has 2 aromatic rings. The van der Waals surface area contributed by atoms with Crippen molar-refractivity contribution < 1.29 is 14.3 Å². The number of ether oxygens (including phenoxy) is 2. The summed E-state index contributed by atoms with van der Waals surface area (Å²) >= 11 is 0. The molecule has 4 heteroatoms. The van der Waals surface area contributed by atoms with Crippen LogP contribution < -0.4 is 14.4 Å². The lowest BCUT2D eigenvalue weighted by molar-refractivity contribution is -0.120. The molecule has 0 radical (unpaired) electrons. The lowest BCUT2D eigenvalue weighted by Crippen LogP contribution is -2.31. The second kappa shape index (κ2) is 8.03. The van der Waals surface area contributed by atoms with E-state index in [2.05, 4.69) is 0 Å². The third kappa shape index (κ3) is 4.36. The maximum Gasteiger partial charge on any atom is 0.264 e. The van der Waals surface area contributed by atoms with E-state index in [1.54, 1.807) is 19.1 Å². The van der Waals surface area contributed by atoms with Crippen molar-refractivity contribution in [1.29, 1.82) is 0 Å². The first-order chi connectivity index (χ1) is 11.2. The molecule has 0 N–H and O–H groups in total. The molecule has 0 bridgehead atoms. The molecule has 0 heterocycles. The van der Waals surface area contributed by atoms with Gasteiger partial charge >= 0.3 is 0 Å². The molecule has 0 aliphatic carbocycles. The number of allylic oxidation sites excluding steroid dienone is 1. The molecular formula is C19H21NO3. The van der Waals surface area contributed by atoms with E-state index >= 15 is 0 Å². The number of likely N-dealkylation sites (N-methyl/N-ethyl adjacent to an activating group) is 1. The number of para-hydroxylation sites is 1. The molecule has 2 rings (SSSR count). The first-order valence-electron chi connectivity index (χ1n) is 7.41. The first kappa shape index (κ1) is 16.6. The lowest BCUT2D eigenvalue weighted by Gasteiger charge is -2.18. The van der Waals surface area contributed by atoms with Gasteiger partial charge in [-0.05, 0) is 36.8 Å². The second-order valence-corrected chi connectivity index (χ2v) is 4.99. The summed E-state index contributed by atoms with van der Waals surface area (Å²) in [4.78, 5) is 13.8. The third-order valence-corrected chi connectivity index (χ3v) is 3.42. The van der Waals surface area contributed by atoms with Gasteiger partial charge in [-0.3, -0.25) is 4.79 Å². The molecule has 0 saturated heterocycles. The summed E-state index contributed by atoms with van der Waals surface area (Å²) in [6, 6.07) is 15.1. The van der Waals surface area contributed by atoms with Crippen LogP contribution in [-0.2, 0) is 4.79 Å². The van der Waals surface area contributed by atoms with Crippen LogP contribution >= 0.6 is 0 Å². The van der Waals surface area contributed by atoms with Crippen LogP contribution in [-0.4, -0.2) is 26.7 Å². The number of rotatable bonds is 6. The molecule has 0 atom stereocenters. The van der Waals surface area contributed by atoms with E-state index in [0.29, 0.717) is 11.5 Å². The highest BCUT2D eigenvalue weighted by Gasteiger charge is 2.13. The molecule has 0 unspecified atom stereocenters. The predicted molar refractivity (Wildman–Crippen MR) is 93.0 cm³/mol. The zero-order valence-corrected chi connectivity index (χ0v) is 13.7. The second-order valence-electron chi connectivity index (χ2n) is 4.99. The highest BCUT2D eigenvalue weighted by atomic mass is 16.5. The van der Waals surface area contributed by atoms with Crippen LogP contribution in [0, 0.1) is 0 Å². The lowest BCUT2D eigenvalue weighted by atomic mass is 10.2. The standard InChI is InChI=1S/C19H21NO3/c1-4-8-15-11-12-17(18(13-15)22-3)23-14-19(21)20(2)16-9-6-5-7-10-16/h4-13H,14H2,1-3H3. The largest absolute Gasteiger partial charge is 0.493 e. The Kier molecular flexibility index (Phi) is 5.80. The number of methoxy groups -OCH3 is 1. The number of anilines is 1. The van der Waals surface area contributed by atoms with Crippen molar-refractivity contribution in [2.45, 2.75) is 6.92 Å². The summed E-state index contributed by atoms with van der Waals surface area (Å²) in [6.07, 6.45) is 3.92. The van der Waals surface area contributed by atoms with Crippen LogP contribution in [0.5, 0.6) is 11.5 Å². The molecule has 23 heavy (non-hydrogen) atoms. The Morgan fingerprint density at radius 3 is 2.52 bits per heavy atom. The van der Waals surface area contributed by atoms with Crippen molar-refractivity contribution in [3.63, 3.8) is 0 Å². The van der Waals surface area contributed by atoms with Gasteiger partial charge in [0.25, 0.3) is 5.91 Å². The highest BCUT2D eigenvalue weighted by molar-refractivity contribution is 5.93. The van der Waals surface area contributed by atoms with Crippen molar-refractivity contribution in [1.82, 2.24) is 0 Å². The molecule has 1 amide bonds. The summed E-state index contributed by atoms with van der Waals surface area (Å²) in [7, 11) is 3.31. The van der Waals surface area contributed by atoms with Crippen molar-refractivity contribution in [2.75, 3.05) is 25.7 Å². The van der Waals surface area contributed by atoms with Gasteiger partial charge in [-0.2, -0.15) is 0 Å². The molecule has 0 aliphatic rings. The quantitative estimate of drug-likeness (QED) is 0.815. The van der Waals surface area contributed by atoms with E-state index in [4.69, 9.17) is 9.47 Å². The van der Waals surface area contributed by atoms with E-state index in [9.17, 15) is 4.79 Å². The molecule has 4 nitrogen and oxygen atoms in total. The summed E-state index contributed by atoms with van der Waals surface area (Å²) < 4.78 is 11.0. The van der Waals surface area contributed by atoms with Gasteiger partial charge in [0.2, 0.25) is 0 Å². The molecular weight excluding hydrogens is 290 g/mol. The van der Waals surface area contributed by atoms with Crippen molar-refractivity contribution in [2.24, 2.45) is 0 Å². The Hall–Kier alpha value is -2.75. The van der Waals surface area contributed by atoms with Crippen LogP contribution in [0.4, 0.5) is 5.69 Å². The Bertz CT molecular complexity index is 680. The van der Waals surface area contributed by atoms with Crippen LogP contribution in [0.15, 0.2) is 54.6 Å². The normalized spacial score (nSPS) is 10.6. The van der Waals surface area contributed by atoms with E-state index in [1.165, 1.54) is 0 Å². The number of carbonyl (C=O) groups is 1. The number of nitrogens with zero attached hydrogens (tertiary/aromatic N) is 1. The zero-order chi connectivity index (χ0) is 16.7. The molecule has 120 valence electrons. The Balaban J connectivity index is 2.04. The summed E-state index contributed by atoms with van der Waals surface area (Å²) in [5, 5.41) is 0. The number of benzene rings is 2. The monoisotopic (exact) mass is 311 g/mol. The van der Waals surface area contributed by atoms with Crippen LogP contribution in [0.2, 0.25) is 0 Å². The smallest absolute Gasteiger partial charge is 0.264 e. The molecule has 2 aromatic carbocycles. The minimum atomic E-state index is -0.129. The van der Waals surface area contributed by atoms with Crippen LogP contribution in [0.25, 0.3) is 6.08 Å². The fourth-order valence-electron chi connectivity index (χ4n) is 2.13. The average molecular weight is 311 g/mol. The first-order valence-corrected chi connectivity index (χ1v) is 7.41.